The van der Waals surface area contributed by atoms with Gasteiger partial charge in [-0.2, -0.15) is 0 Å². The molecule has 0 radical (unpaired) electrons. The van der Waals surface area contributed by atoms with Crippen LogP contribution in [0, 0.1) is 0 Å². The van der Waals surface area contributed by atoms with Crippen molar-refractivity contribution in [3.8, 4) is 0 Å². The van der Waals surface area contributed by atoms with Gasteiger partial charge >= 0.3 is 0 Å². The van der Waals surface area contributed by atoms with E-state index in [1.54, 1.807) is 0 Å². The minimum absolute atomic E-state index is 0.0847. The van der Waals surface area contributed by atoms with Gasteiger partial charge in [0.25, 0.3) is 0 Å². The van der Waals surface area contributed by atoms with Crippen LogP contribution >= 0.6 is 0 Å². The Labute approximate surface area is 102 Å². The van der Waals surface area contributed by atoms with Gasteiger partial charge in [-0.1, -0.05) is 12.8 Å². The van der Waals surface area contributed by atoms with Crippen LogP contribution in [0.3, 0.4) is 0 Å². The number of aliphatic hydroxyl groups is 1. The topological polar surface area (TPSA) is 70.6 Å². The number of amides is 1. The summed E-state index contributed by atoms with van der Waals surface area (Å²) in [5.74, 6) is -0.121. The van der Waals surface area contributed by atoms with Gasteiger partial charge in [0.15, 0.2) is 0 Å². The molecule has 17 heavy (non-hydrogen) atoms. The van der Waals surface area contributed by atoms with Gasteiger partial charge in [0.1, 0.15) is 6.61 Å². The van der Waals surface area contributed by atoms with Gasteiger partial charge in [-0.25, -0.2) is 0 Å². The highest BCUT2D eigenvalue weighted by Gasteiger charge is 2.33. The van der Waals surface area contributed by atoms with E-state index in [2.05, 4.69) is 10.6 Å². The van der Waals surface area contributed by atoms with E-state index in [4.69, 9.17) is 4.74 Å². The number of nitrogens with one attached hydrogen (secondary N) is 2. The highest BCUT2D eigenvalue weighted by molar-refractivity contribution is 5.77. The van der Waals surface area contributed by atoms with E-state index in [9.17, 15) is 9.90 Å². The van der Waals surface area contributed by atoms with Crippen LogP contribution in [0.15, 0.2) is 0 Å². The molecule has 0 aromatic rings. The number of carbonyl (C=O) groups is 1. The minimum Gasteiger partial charge on any atom is -0.391 e. The van der Waals surface area contributed by atoms with Crippen molar-refractivity contribution >= 4 is 5.91 Å². The highest BCUT2D eigenvalue weighted by atomic mass is 16.5. The highest BCUT2D eigenvalue weighted by Crippen LogP contribution is 2.18. The van der Waals surface area contributed by atoms with Crippen LogP contribution in [0.25, 0.3) is 0 Å². The SMILES string of the molecule is CC1(OCC(=O)NC2CCCCC2O)CNC1. The first kappa shape index (κ1) is 12.8. The van der Waals surface area contributed by atoms with Crippen LogP contribution in [-0.2, 0) is 9.53 Å². The molecule has 0 aromatic heterocycles. The molecular formula is C12H22N2O3. The van der Waals surface area contributed by atoms with Crippen molar-refractivity contribution in [2.24, 2.45) is 0 Å². The summed E-state index contributed by atoms with van der Waals surface area (Å²) in [6.45, 7) is 3.67. The van der Waals surface area contributed by atoms with Gasteiger partial charge in [0, 0.05) is 13.1 Å². The van der Waals surface area contributed by atoms with E-state index in [1.807, 2.05) is 6.92 Å². The summed E-state index contributed by atoms with van der Waals surface area (Å²) >= 11 is 0. The summed E-state index contributed by atoms with van der Waals surface area (Å²) in [7, 11) is 0. The normalized spacial score (nSPS) is 31.6. The molecule has 1 amide bonds. The third-order valence-electron chi connectivity index (χ3n) is 3.63. The fourth-order valence-corrected chi connectivity index (χ4v) is 2.35. The lowest BCUT2D eigenvalue weighted by molar-refractivity contribution is -0.137. The van der Waals surface area contributed by atoms with E-state index in [1.165, 1.54) is 0 Å². The maximum absolute atomic E-state index is 11.7. The molecule has 3 N–H and O–H groups in total. The number of rotatable bonds is 4. The monoisotopic (exact) mass is 242 g/mol. The molecule has 0 aromatic carbocycles. The Balaban J connectivity index is 1.69. The van der Waals surface area contributed by atoms with Gasteiger partial charge in [-0.05, 0) is 19.8 Å². The molecule has 0 bridgehead atoms. The minimum atomic E-state index is -0.395. The summed E-state index contributed by atoms with van der Waals surface area (Å²) in [5, 5.41) is 15.7. The van der Waals surface area contributed by atoms with Gasteiger partial charge in [-0.15, -0.1) is 0 Å². The first-order valence-corrected chi connectivity index (χ1v) is 6.41. The van der Waals surface area contributed by atoms with E-state index in [0.29, 0.717) is 0 Å². The van der Waals surface area contributed by atoms with Crippen LogP contribution in [-0.4, -0.2) is 48.5 Å². The number of hydrogen-bond donors (Lipinski definition) is 3. The fourth-order valence-electron chi connectivity index (χ4n) is 2.35. The average molecular weight is 242 g/mol. The summed E-state index contributed by atoms with van der Waals surface area (Å²) in [4.78, 5) is 11.7. The Morgan fingerprint density at radius 1 is 1.47 bits per heavy atom. The molecule has 1 heterocycles. The molecule has 2 rings (SSSR count). The Kier molecular flexibility index (Phi) is 4.01. The average Bonchev–Trinajstić information content (AvgIpc) is 2.27. The van der Waals surface area contributed by atoms with E-state index in [0.717, 1.165) is 38.8 Å². The second-order valence-electron chi connectivity index (χ2n) is 5.37. The predicted molar refractivity (Wildman–Crippen MR) is 63.6 cm³/mol. The number of hydrogen-bond acceptors (Lipinski definition) is 4. The summed E-state index contributed by atoms with van der Waals surface area (Å²) in [5.41, 5.74) is -0.192. The van der Waals surface area contributed by atoms with Crippen molar-refractivity contribution in [3.05, 3.63) is 0 Å². The van der Waals surface area contributed by atoms with Crippen molar-refractivity contribution in [2.75, 3.05) is 19.7 Å². The summed E-state index contributed by atoms with van der Waals surface area (Å²) < 4.78 is 5.55. The zero-order chi connectivity index (χ0) is 12.3. The molecule has 5 heteroatoms. The smallest absolute Gasteiger partial charge is 0.246 e. The lowest BCUT2D eigenvalue weighted by Gasteiger charge is -2.39. The second kappa shape index (κ2) is 5.33. The zero-order valence-electron chi connectivity index (χ0n) is 10.4. The maximum Gasteiger partial charge on any atom is 0.246 e. The molecule has 2 unspecified atom stereocenters. The first-order chi connectivity index (χ1) is 8.09. The van der Waals surface area contributed by atoms with Crippen LogP contribution < -0.4 is 10.6 Å². The molecule has 98 valence electrons. The molecule has 1 aliphatic heterocycles. The Bertz CT molecular complexity index is 279. The molecule has 2 aliphatic rings. The van der Waals surface area contributed by atoms with Crippen LogP contribution in [0.5, 0.6) is 0 Å². The van der Waals surface area contributed by atoms with E-state index >= 15 is 0 Å². The third-order valence-corrected chi connectivity index (χ3v) is 3.63. The Hall–Kier alpha value is -0.650. The molecule has 1 saturated heterocycles. The Morgan fingerprint density at radius 3 is 2.76 bits per heavy atom. The van der Waals surface area contributed by atoms with Crippen molar-refractivity contribution in [3.63, 3.8) is 0 Å². The fraction of sp³-hybridized carbons (Fsp3) is 0.917. The molecular weight excluding hydrogens is 220 g/mol. The standard InChI is InChI=1S/C12H22N2O3/c1-12(7-13-8-12)17-6-11(16)14-9-4-2-3-5-10(9)15/h9-10,13,15H,2-8H2,1H3,(H,14,16). The zero-order valence-corrected chi connectivity index (χ0v) is 10.4. The molecule has 1 aliphatic carbocycles. The first-order valence-electron chi connectivity index (χ1n) is 6.41. The van der Waals surface area contributed by atoms with Crippen molar-refractivity contribution in [2.45, 2.75) is 50.4 Å². The maximum atomic E-state index is 11.7. The van der Waals surface area contributed by atoms with E-state index in [-0.39, 0.29) is 24.2 Å². The number of aliphatic hydroxyl groups excluding tert-OH is 1. The molecule has 2 fully saturated rings. The van der Waals surface area contributed by atoms with Crippen molar-refractivity contribution in [1.82, 2.24) is 10.6 Å². The third kappa shape index (κ3) is 3.40. The summed E-state index contributed by atoms with van der Waals surface area (Å²) in [6, 6.07) is -0.0906. The Morgan fingerprint density at radius 2 is 2.18 bits per heavy atom. The largest absolute Gasteiger partial charge is 0.391 e. The quantitative estimate of drug-likeness (QED) is 0.637. The van der Waals surface area contributed by atoms with E-state index < -0.39 is 6.10 Å². The molecule has 2 atom stereocenters. The molecule has 0 spiro atoms. The molecule has 1 saturated carbocycles. The number of carbonyl (C=O) groups excluding carboxylic acids is 1. The lowest BCUT2D eigenvalue weighted by atomic mass is 9.92. The number of ether oxygens (including phenoxy) is 1. The van der Waals surface area contributed by atoms with Crippen LogP contribution in [0.1, 0.15) is 32.6 Å². The second-order valence-corrected chi connectivity index (χ2v) is 5.37. The van der Waals surface area contributed by atoms with Crippen molar-refractivity contribution in [1.29, 1.82) is 0 Å². The van der Waals surface area contributed by atoms with Crippen LogP contribution in [0.4, 0.5) is 0 Å². The lowest BCUT2D eigenvalue weighted by Crippen LogP contribution is -2.60. The van der Waals surface area contributed by atoms with Gasteiger partial charge in [0.2, 0.25) is 5.91 Å². The van der Waals surface area contributed by atoms with Crippen molar-refractivity contribution < 1.29 is 14.6 Å². The van der Waals surface area contributed by atoms with Crippen LogP contribution in [0.2, 0.25) is 0 Å². The predicted octanol–water partition coefficient (Wildman–Crippen LogP) is -0.215. The van der Waals surface area contributed by atoms with Gasteiger partial charge < -0.3 is 20.5 Å². The molecule has 5 nitrogen and oxygen atoms in total. The van der Waals surface area contributed by atoms with Gasteiger partial charge in [-0.3, -0.25) is 4.79 Å². The summed E-state index contributed by atoms with van der Waals surface area (Å²) in [6.07, 6.45) is 3.38. The van der Waals surface area contributed by atoms with Gasteiger partial charge in [0.05, 0.1) is 17.7 Å².